The number of alkyl halides is 1. The molecule has 0 aliphatic heterocycles. The minimum Gasteiger partial charge on any atom is -0.331 e. The molecular weight excluding hydrogens is 285 g/mol. The molecule has 4 bridgehead atoms. The third kappa shape index (κ3) is 2.50. The number of nitrogens with one attached hydrogen (secondary N) is 1. The number of halogens is 1. The van der Waals surface area contributed by atoms with Gasteiger partial charge in [0, 0.05) is 5.54 Å². The number of hydrogen-bond donors (Lipinski definition) is 1. The SMILES string of the molecule is CC12CC3(C)CC(C)(C1)CC(NC(=O)N(CCF)N=O)(C2)C3. The molecule has 6 heteroatoms. The summed E-state index contributed by atoms with van der Waals surface area (Å²) >= 11 is 0. The van der Waals surface area contributed by atoms with Crippen LogP contribution >= 0.6 is 0 Å². The van der Waals surface area contributed by atoms with Gasteiger partial charge < -0.3 is 5.32 Å². The van der Waals surface area contributed by atoms with Crippen molar-refractivity contribution in [3.8, 4) is 0 Å². The third-order valence-electron chi connectivity index (χ3n) is 5.86. The lowest BCUT2D eigenvalue weighted by atomic mass is 9.38. The number of hydrogen-bond acceptors (Lipinski definition) is 3. The van der Waals surface area contributed by atoms with Crippen LogP contribution in [0.2, 0.25) is 0 Å². The van der Waals surface area contributed by atoms with E-state index < -0.39 is 12.7 Å². The molecule has 2 amide bonds. The molecule has 0 unspecified atom stereocenters. The molecule has 4 aliphatic rings. The Balaban J connectivity index is 1.84. The molecule has 0 saturated heterocycles. The lowest BCUT2D eigenvalue weighted by Crippen LogP contribution is -2.68. The molecule has 4 aliphatic carbocycles. The van der Waals surface area contributed by atoms with E-state index >= 15 is 0 Å². The summed E-state index contributed by atoms with van der Waals surface area (Å²) < 4.78 is 12.5. The van der Waals surface area contributed by atoms with Gasteiger partial charge in [-0.05, 0) is 54.8 Å². The number of nitrogens with zero attached hydrogens (tertiary/aromatic N) is 2. The van der Waals surface area contributed by atoms with Crippen molar-refractivity contribution in [3.05, 3.63) is 4.91 Å². The second kappa shape index (κ2) is 4.65. The van der Waals surface area contributed by atoms with E-state index in [1.807, 2.05) is 0 Å². The minimum absolute atomic E-state index is 0.241. The van der Waals surface area contributed by atoms with Crippen molar-refractivity contribution < 1.29 is 9.18 Å². The van der Waals surface area contributed by atoms with Gasteiger partial charge in [0.15, 0.2) is 0 Å². The quantitative estimate of drug-likeness (QED) is 0.634. The Morgan fingerprint density at radius 2 is 1.50 bits per heavy atom. The van der Waals surface area contributed by atoms with Crippen LogP contribution in [-0.4, -0.2) is 29.8 Å². The Morgan fingerprint density at radius 3 is 1.86 bits per heavy atom. The molecule has 124 valence electrons. The molecule has 4 fully saturated rings. The third-order valence-corrected chi connectivity index (χ3v) is 5.86. The zero-order chi connectivity index (χ0) is 16.2. The predicted octanol–water partition coefficient (Wildman–Crippen LogP) is 3.79. The van der Waals surface area contributed by atoms with E-state index in [2.05, 4.69) is 31.4 Å². The molecule has 1 N–H and O–H groups in total. The van der Waals surface area contributed by atoms with Gasteiger partial charge in [-0.25, -0.2) is 9.18 Å². The van der Waals surface area contributed by atoms with Crippen molar-refractivity contribution in [1.29, 1.82) is 0 Å². The summed E-state index contributed by atoms with van der Waals surface area (Å²) in [6.45, 7) is 5.91. The fourth-order valence-corrected chi connectivity index (χ4v) is 6.98. The lowest BCUT2D eigenvalue weighted by Gasteiger charge is -2.69. The molecule has 0 aromatic carbocycles. The van der Waals surface area contributed by atoms with E-state index in [1.165, 1.54) is 19.3 Å². The van der Waals surface area contributed by atoms with Gasteiger partial charge in [-0.1, -0.05) is 20.8 Å². The van der Waals surface area contributed by atoms with Gasteiger partial charge in [0.2, 0.25) is 0 Å². The summed E-state index contributed by atoms with van der Waals surface area (Å²) in [4.78, 5) is 23.1. The van der Waals surface area contributed by atoms with Crippen LogP contribution in [-0.2, 0) is 0 Å². The average molecular weight is 311 g/mol. The molecule has 22 heavy (non-hydrogen) atoms. The van der Waals surface area contributed by atoms with Gasteiger partial charge in [0.25, 0.3) is 0 Å². The van der Waals surface area contributed by atoms with Crippen LogP contribution in [0.4, 0.5) is 9.18 Å². The maximum absolute atomic E-state index is 12.5. The number of carbonyl (C=O) groups is 1. The van der Waals surface area contributed by atoms with Crippen molar-refractivity contribution in [2.45, 2.75) is 64.8 Å². The maximum atomic E-state index is 12.5. The van der Waals surface area contributed by atoms with Crippen molar-refractivity contribution in [1.82, 2.24) is 10.3 Å². The van der Waals surface area contributed by atoms with E-state index in [-0.39, 0.29) is 28.3 Å². The average Bonchev–Trinajstić information content (AvgIpc) is 2.28. The fraction of sp³-hybridized carbons (Fsp3) is 0.938. The zero-order valence-corrected chi connectivity index (χ0v) is 13.7. The molecule has 0 aromatic rings. The number of carbonyl (C=O) groups excluding carboxylic acids is 1. The minimum atomic E-state index is -0.765. The van der Waals surface area contributed by atoms with Crippen molar-refractivity contribution >= 4 is 6.03 Å². The highest BCUT2D eigenvalue weighted by Crippen LogP contribution is 2.70. The maximum Gasteiger partial charge on any atom is 0.340 e. The smallest absolute Gasteiger partial charge is 0.331 e. The molecule has 0 atom stereocenters. The summed E-state index contributed by atoms with van der Waals surface area (Å²) in [5, 5.41) is 6.39. The highest BCUT2D eigenvalue weighted by molar-refractivity contribution is 5.74. The van der Waals surface area contributed by atoms with Gasteiger partial charge >= 0.3 is 6.03 Å². The molecule has 0 heterocycles. The highest BCUT2D eigenvalue weighted by atomic mass is 19.1. The van der Waals surface area contributed by atoms with E-state index in [0.29, 0.717) is 5.01 Å². The second-order valence-corrected chi connectivity index (χ2v) is 9.10. The van der Waals surface area contributed by atoms with Gasteiger partial charge in [0.05, 0.1) is 11.8 Å². The van der Waals surface area contributed by atoms with Crippen LogP contribution < -0.4 is 5.32 Å². The van der Waals surface area contributed by atoms with Gasteiger partial charge in [-0.3, -0.25) is 0 Å². The summed E-state index contributed by atoms with van der Waals surface area (Å²) in [5.74, 6) is 0. The van der Waals surface area contributed by atoms with E-state index in [1.54, 1.807) is 0 Å². The van der Waals surface area contributed by atoms with Crippen LogP contribution in [0.1, 0.15) is 59.3 Å². The summed E-state index contributed by atoms with van der Waals surface area (Å²) in [7, 11) is 0. The summed E-state index contributed by atoms with van der Waals surface area (Å²) in [5.41, 5.74) is 0.449. The van der Waals surface area contributed by atoms with Crippen LogP contribution in [0.5, 0.6) is 0 Å². The monoisotopic (exact) mass is 311 g/mol. The molecule has 4 rings (SSSR count). The molecule has 0 spiro atoms. The highest BCUT2D eigenvalue weighted by Gasteiger charge is 2.64. The summed E-state index contributed by atoms with van der Waals surface area (Å²) in [6, 6.07) is -0.551. The molecule has 0 aromatic heterocycles. The van der Waals surface area contributed by atoms with Crippen molar-refractivity contribution in [2.75, 3.05) is 13.2 Å². The normalized spacial score (nSPS) is 45.6. The second-order valence-electron chi connectivity index (χ2n) is 9.10. The first-order chi connectivity index (χ1) is 10.1. The summed E-state index contributed by atoms with van der Waals surface area (Å²) in [6.07, 6.45) is 6.44. The Hall–Kier alpha value is -1.20. The van der Waals surface area contributed by atoms with E-state index in [9.17, 15) is 14.1 Å². The molecule has 0 radical (unpaired) electrons. The predicted molar refractivity (Wildman–Crippen MR) is 81.8 cm³/mol. The van der Waals surface area contributed by atoms with E-state index in [4.69, 9.17) is 0 Å². The van der Waals surface area contributed by atoms with Gasteiger partial charge in [-0.15, -0.1) is 4.91 Å². The van der Waals surface area contributed by atoms with E-state index in [0.717, 1.165) is 19.3 Å². The fourth-order valence-electron chi connectivity index (χ4n) is 6.98. The van der Waals surface area contributed by atoms with Gasteiger partial charge in [0.1, 0.15) is 6.67 Å². The number of urea groups is 1. The number of amides is 2. The standard InChI is InChI=1S/C16H26FN3O2/c1-13-6-14(2)8-15(3,7-13)11-16(9-13,10-14)18-12(21)20(19-22)5-4-17/h4-11H2,1-3H3,(H,18,21). The molecule has 5 nitrogen and oxygen atoms in total. The molecular formula is C16H26FN3O2. The van der Waals surface area contributed by atoms with Crippen molar-refractivity contribution in [3.63, 3.8) is 0 Å². The molecule has 4 saturated carbocycles. The Bertz CT molecular complexity index is 456. The van der Waals surface area contributed by atoms with Crippen LogP contribution in [0.15, 0.2) is 5.29 Å². The Morgan fingerprint density at radius 1 is 1.05 bits per heavy atom. The van der Waals surface area contributed by atoms with Crippen LogP contribution in [0, 0.1) is 21.2 Å². The first kappa shape index (κ1) is 15.7. The Labute approximate surface area is 130 Å². The topological polar surface area (TPSA) is 61.8 Å². The van der Waals surface area contributed by atoms with Crippen molar-refractivity contribution in [2.24, 2.45) is 21.5 Å². The van der Waals surface area contributed by atoms with Gasteiger partial charge in [-0.2, -0.15) is 5.01 Å². The first-order valence-electron chi connectivity index (χ1n) is 8.14. The Kier molecular flexibility index (Phi) is 3.31. The first-order valence-corrected chi connectivity index (χ1v) is 8.14. The number of rotatable bonds is 4. The van der Waals surface area contributed by atoms with Crippen LogP contribution in [0.3, 0.4) is 0 Å². The lowest BCUT2D eigenvalue weighted by molar-refractivity contribution is -0.155. The van der Waals surface area contributed by atoms with Crippen LogP contribution in [0.25, 0.3) is 0 Å². The largest absolute Gasteiger partial charge is 0.340 e. The zero-order valence-electron chi connectivity index (χ0n) is 13.7. The number of nitroso groups, excluding NO2 is 1.